The molecule has 414 valence electrons. The number of hydrogen-bond donors (Lipinski definition) is 6. The molecule has 2 heterocycles. The molecule has 0 saturated heterocycles. The maximum Gasteiger partial charge on any atom is 2.00 e. The Labute approximate surface area is 473 Å². The summed E-state index contributed by atoms with van der Waals surface area (Å²) in [5.41, 5.74) is 22.0. The minimum absolute atomic E-state index is 0. The fourth-order valence-corrected chi connectivity index (χ4v) is 7.57. The zero-order chi connectivity index (χ0) is 56.3. The van der Waals surface area contributed by atoms with Crippen LogP contribution in [0.5, 0.6) is 0 Å². The molecule has 0 aliphatic rings. The molecular weight excluding hydrogens is 1140 g/mol. The van der Waals surface area contributed by atoms with Crippen molar-refractivity contribution in [3.63, 3.8) is 0 Å². The Kier molecular flexibility index (Phi) is 30.9. The molecule has 0 atom stereocenters. The number of nitrogens with zero attached hydrogens (tertiary/aromatic N) is 4. The van der Waals surface area contributed by atoms with Gasteiger partial charge in [0, 0.05) is 95.3 Å². The van der Waals surface area contributed by atoms with Gasteiger partial charge in [-0.05, 0) is 91.6 Å². The first-order valence-corrected chi connectivity index (χ1v) is 24.9. The van der Waals surface area contributed by atoms with E-state index in [4.69, 9.17) is 76.9 Å². The van der Waals surface area contributed by atoms with Crippen molar-refractivity contribution >= 4 is 99.1 Å². The SMILES string of the molecule is CO.CO.CO.CO.Nc1ccc2ccccc2c1-c1c(N=Cc2ccccn2)ccc2ccccc12.Nc1ccc2ccccc2c1-c1c(N=Cc2ccccn2)ccc2ccccc12.O=S(=O)([O-])[O-].O=S(=O)([O-])[O-].[Cu+2].[Cu+2]. The summed E-state index contributed by atoms with van der Waals surface area (Å²) in [4.78, 5) is 18.3. The van der Waals surface area contributed by atoms with Crippen LogP contribution < -0.4 is 11.5 Å². The molecule has 0 saturated carbocycles. The van der Waals surface area contributed by atoms with Gasteiger partial charge in [-0.15, -0.1) is 0 Å². The molecule has 2 radical (unpaired) electrons. The van der Waals surface area contributed by atoms with Gasteiger partial charge in [0.05, 0.1) is 35.2 Å². The van der Waals surface area contributed by atoms with Crippen molar-refractivity contribution in [3.8, 4) is 22.3 Å². The molecule has 0 fully saturated rings. The second kappa shape index (κ2) is 35.1. The third-order valence-electron chi connectivity index (χ3n) is 10.3. The van der Waals surface area contributed by atoms with Gasteiger partial charge >= 0.3 is 34.1 Å². The molecule has 8 N–H and O–H groups in total. The minimum atomic E-state index is -5.17. The largest absolute Gasteiger partial charge is 2.00 e. The predicted molar refractivity (Wildman–Crippen MR) is 299 cm³/mol. The Morgan fingerprint density at radius 2 is 0.615 bits per heavy atom. The summed E-state index contributed by atoms with van der Waals surface area (Å²) in [6.45, 7) is 0. The molecule has 10 rings (SSSR count). The number of rotatable bonds is 6. The molecule has 2 aromatic heterocycles. The topological polar surface area (TPSA) is 344 Å². The maximum atomic E-state index is 8.52. The normalized spacial score (nSPS) is 10.3. The smallest absolute Gasteiger partial charge is 0.759 e. The molecule has 22 heteroatoms. The van der Waals surface area contributed by atoms with E-state index in [1.807, 2.05) is 72.8 Å². The molecule has 18 nitrogen and oxygen atoms in total. The zero-order valence-electron chi connectivity index (χ0n) is 42.0. The first-order chi connectivity index (χ1) is 36.6. The zero-order valence-corrected chi connectivity index (χ0v) is 45.6. The molecule has 0 bridgehead atoms. The van der Waals surface area contributed by atoms with E-state index in [1.54, 1.807) is 24.8 Å². The van der Waals surface area contributed by atoms with Crippen molar-refractivity contribution in [1.82, 2.24) is 9.97 Å². The second-order valence-corrected chi connectivity index (χ2v) is 16.3. The number of fused-ring (bicyclic) bond motifs is 4. The van der Waals surface area contributed by atoms with Crippen LogP contribution in [-0.4, -0.2) is 106 Å². The monoisotopic (exact) mass is 1190 g/mol. The van der Waals surface area contributed by atoms with Crippen LogP contribution in [0.2, 0.25) is 0 Å². The van der Waals surface area contributed by atoms with Gasteiger partial charge in [-0.3, -0.25) is 36.8 Å². The summed E-state index contributed by atoms with van der Waals surface area (Å²) >= 11 is 0. The van der Waals surface area contributed by atoms with Gasteiger partial charge in [-0.2, -0.15) is 0 Å². The van der Waals surface area contributed by atoms with E-state index >= 15 is 0 Å². The number of aromatic nitrogens is 2. The first kappa shape index (κ1) is 68.7. The van der Waals surface area contributed by atoms with Gasteiger partial charge in [-0.25, -0.2) is 0 Å². The molecule has 8 aromatic carbocycles. The number of hydrogen-bond acceptors (Lipinski definition) is 18. The minimum Gasteiger partial charge on any atom is -0.759 e. The Morgan fingerprint density at radius 3 is 0.885 bits per heavy atom. The number of aliphatic hydroxyl groups excluding tert-OH is 4. The summed E-state index contributed by atoms with van der Waals surface area (Å²) in [6.07, 6.45) is 7.14. The fraction of sp³-hybridized carbons (Fsp3) is 0.0714. The number of anilines is 2. The Balaban J connectivity index is 0.000000589. The van der Waals surface area contributed by atoms with Crippen LogP contribution in [-0.2, 0) is 54.9 Å². The van der Waals surface area contributed by atoms with E-state index in [2.05, 4.69) is 119 Å². The molecular formula is C56H54Cu2N6O12S2. The molecule has 0 spiro atoms. The number of nitrogens with two attached hydrogens (primary N) is 2. The number of pyridine rings is 2. The van der Waals surface area contributed by atoms with Crippen molar-refractivity contribution in [1.29, 1.82) is 0 Å². The van der Waals surface area contributed by atoms with E-state index in [-0.39, 0.29) is 34.1 Å². The standard InChI is InChI=1S/2C26H19N3.4CH4O.2Cu.2H2O4S/c2*27-23-14-12-18-7-1-3-10-21(18)25(23)26-22-11-4-2-8-19(22)13-15-24(26)29-17-20-9-5-6-16-28-20;4*1-2;;;2*1-5(2,3)4/h2*1-17H,27H2;4*2H,1H3;;;2*(H2,1,2,3,4)/q;;;;;;2*+2;;/p-4. The van der Waals surface area contributed by atoms with Crippen LogP contribution in [0.25, 0.3) is 65.3 Å². The Hall–Kier alpha value is -7.34. The van der Waals surface area contributed by atoms with Gasteiger partial charge in [0.1, 0.15) is 0 Å². The van der Waals surface area contributed by atoms with E-state index in [0.717, 1.165) is 128 Å². The van der Waals surface area contributed by atoms with E-state index in [1.165, 1.54) is 0 Å². The Morgan fingerprint density at radius 1 is 0.372 bits per heavy atom. The number of aliphatic hydroxyl groups is 4. The molecule has 10 aromatic rings. The van der Waals surface area contributed by atoms with Gasteiger partial charge in [0.25, 0.3) is 0 Å². The van der Waals surface area contributed by atoms with Gasteiger partial charge < -0.3 is 50.1 Å². The Bertz CT molecular complexity index is 3460. The molecule has 0 aliphatic carbocycles. The number of benzene rings is 8. The summed E-state index contributed by atoms with van der Waals surface area (Å²) in [7, 11) is -6.33. The third kappa shape index (κ3) is 20.9. The van der Waals surface area contributed by atoms with Crippen LogP contribution in [0.3, 0.4) is 0 Å². The van der Waals surface area contributed by atoms with Gasteiger partial charge in [-0.1, -0.05) is 133 Å². The van der Waals surface area contributed by atoms with E-state index in [0.29, 0.717) is 0 Å². The van der Waals surface area contributed by atoms with Crippen LogP contribution in [0.4, 0.5) is 22.7 Å². The quantitative estimate of drug-likeness (QED) is 0.0298. The van der Waals surface area contributed by atoms with Crippen LogP contribution in [0, 0.1) is 0 Å². The average Bonchev–Trinajstić information content (AvgIpc) is 3.44. The molecule has 0 aliphatic heterocycles. The number of aliphatic imine (C=N–C) groups is 2. The van der Waals surface area contributed by atoms with Crippen molar-refractivity contribution in [3.05, 3.63) is 206 Å². The van der Waals surface area contributed by atoms with Crippen molar-refractivity contribution in [2.75, 3.05) is 39.9 Å². The van der Waals surface area contributed by atoms with Crippen molar-refractivity contribution < 1.29 is 89.6 Å². The summed E-state index contributed by atoms with van der Waals surface area (Å²) in [6, 6.07) is 61.4. The summed E-state index contributed by atoms with van der Waals surface area (Å²) in [5.74, 6) is 0. The first-order valence-electron chi connectivity index (χ1n) is 22.2. The van der Waals surface area contributed by atoms with Gasteiger partial charge in [0.15, 0.2) is 0 Å². The van der Waals surface area contributed by atoms with Crippen molar-refractivity contribution in [2.24, 2.45) is 9.98 Å². The van der Waals surface area contributed by atoms with Crippen LogP contribution >= 0.6 is 0 Å². The summed E-state index contributed by atoms with van der Waals surface area (Å²) < 4.78 is 68.2. The van der Waals surface area contributed by atoms with E-state index < -0.39 is 20.8 Å². The van der Waals surface area contributed by atoms with Crippen LogP contribution in [0.1, 0.15) is 11.4 Å². The maximum absolute atomic E-state index is 8.52. The third-order valence-corrected chi connectivity index (χ3v) is 10.3. The number of nitrogen functional groups attached to an aromatic ring is 2. The molecule has 0 amide bonds. The van der Waals surface area contributed by atoms with Crippen LogP contribution in [0.15, 0.2) is 204 Å². The average molecular weight is 1190 g/mol. The predicted octanol–water partition coefficient (Wildman–Crippen LogP) is 8.53. The molecule has 0 unspecified atom stereocenters. The van der Waals surface area contributed by atoms with E-state index in [9.17, 15) is 0 Å². The van der Waals surface area contributed by atoms with Gasteiger partial charge in [0.2, 0.25) is 0 Å². The molecule has 78 heavy (non-hydrogen) atoms. The van der Waals surface area contributed by atoms with Crippen molar-refractivity contribution in [2.45, 2.75) is 0 Å². The fourth-order valence-electron chi connectivity index (χ4n) is 7.57. The second-order valence-electron chi connectivity index (χ2n) is 14.7. The summed E-state index contributed by atoms with van der Waals surface area (Å²) in [5, 5.41) is 37.1.